The third-order valence-corrected chi connectivity index (χ3v) is 4.05. The van der Waals surface area contributed by atoms with Crippen molar-refractivity contribution in [2.75, 3.05) is 13.2 Å². The molecule has 25 heavy (non-hydrogen) atoms. The SMILES string of the molecule is CC1=C[C@@H]2CN(C(=O)N2OC(F)C(=O)O)[C@@H]1C(=O)NCNS(N)(=O)=O. The van der Waals surface area contributed by atoms with E-state index in [2.05, 4.69) is 10.2 Å². The highest BCUT2D eigenvalue weighted by Gasteiger charge is 2.48. The van der Waals surface area contributed by atoms with E-state index in [1.807, 2.05) is 4.72 Å². The molecule has 2 aliphatic rings. The van der Waals surface area contributed by atoms with Crippen molar-refractivity contribution in [1.29, 1.82) is 0 Å². The number of carboxylic acids is 1. The average Bonchev–Trinajstić information content (AvgIpc) is 2.71. The lowest BCUT2D eigenvalue weighted by Gasteiger charge is -2.29. The lowest BCUT2D eigenvalue weighted by atomic mass is 10.0. The highest BCUT2D eigenvalue weighted by Crippen LogP contribution is 2.30. The average molecular weight is 381 g/mol. The number of hydrogen-bond donors (Lipinski definition) is 4. The lowest BCUT2D eigenvalue weighted by Crippen LogP contribution is -2.52. The van der Waals surface area contributed by atoms with Gasteiger partial charge in [-0.15, -0.1) is 0 Å². The molecule has 0 radical (unpaired) electrons. The molecule has 5 N–H and O–H groups in total. The molecular formula is C11H16FN5O7S. The van der Waals surface area contributed by atoms with Gasteiger partial charge in [0, 0.05) is 0 Å². The largest absolute Gasteiger partial charge is 0.477 e. The first-order chi connectivity index (χ1) is 11.5. The van der Waals surface area contributed by atoms with Crippen LogP contribution in [0.3, 0.4) is 0 Å². The number of nitrogens with one attached hydrogen (secondary N) is 2. The van der Waals surface area contributed by atoms with E-state index in [0.29, 0.717) is 10.6 Å². The van der Waals surface area contributed by atoms with Gasteiger partial charge >= 0.3 is 18.4 Å². The first-order valence-electron chi connectivity index (χ1n) is 6.88. The van der Waals surface area contributed by atoms with Gasteiger partial charge in [0.2, 0.25) is 5.91 Å². The molecule has 2 bridgehead atoms. The van der Waals surface area contributed by atoms with Crippen LogP contribution in [0.1, 0.15) is 6.92 Å². The molecule has 0 aromatic rings. The molecule has 0 spiro atoms. The molecule has 14 heteroatoms. The number of carboxylic acid groups (broad SMARTS) is 1. The van der Waals surface area contributed by atoms with Gasteiger partial charge in [-0.3, -0.25) is 4.79 Å². The number of nitrogens with zero attached hydrogens (tertiary/aromatic N) is 2. The number of halogens is 1. The van der Waals surface area contributed by atoms with Crippen molar-refractivity contribution in [2.45, 2.75) is 25.4 Å². The Kier molecular flexibility index (Phi) is 5.26. The van der Waals surface area contributed by atoms with Gasteiger partial charge < -0.3 is 15.3 Å². The Labute approximate surface area is 141 Å². The molecular weight excluding hydrogens is 365 g/mol. The van der Waals surface area contributed by atoms with Crippen LogP contribution in [-0.2, 0) is 24.6 Å². The molecule has 1 saturated heterocycles. The fourth-order valence-corrected chi connectivity index (χ4v) is 2.81. The second-order valence-corrected chi connectivity index (χ2v) is 6.69. The van der Waals surface area contributed by atoms with Crippen molar-refractivity contribution in [2.24, 2.45) is 5.14 Å². The number of hydroxylamine groups is 2. The van der Waals surface area contributed by atoms with E-state index in [4.69, 9.17) is 10.2 Å². The van der Waals surface area contributed by atoms with Crippen LogP contribution >= 0.6 is 0 Å². The summed E-state index contributed by atoms with van der Waals surface area (Å²) in [6.07, 6.45) is -1.27. The Bertz CT molecular complexity index is 726. The number of rotatable bonds is 7. The van der Waals surface area contributed by atoms with Gasteiger partial charge in [-0.25, -0.2) is 24.0 Å². The number of carbonyl (C=O) groups is 3. The normalized spacial score (nSPS) is 24.1. The van der Waals surface area contributed by atoms with Gasteiger partial charge in [0.15, 0.2) is 0 Å². The smallest absolute Gasteiger partial charge is 0.368 e. The van der Waals surface area contributed by atoms with E-state index in [-0.39, 0.29) is 6.54 Å². The fourth-order valence-electron chi connectivity index (χ4n) is 2.54. The molecule has 12 nitrogen and oxygen atoms in total. The maximum atomic E-state index is 13.2. The Hall–Kier alpha value is -2.29. The summed E-state index contributed by atoms with van der Waals surface area (Å²) in [6, 6.07) is -2.72. The van der Waals surface area contributed by atoms with Crippen LogP contribution in [0.15, 0.2) is 11.6 Å². The van der Waals surface area contributed by atoms with Gasteiger partial charge in [-0.1, -0.05) is 6.08 Å². The van der Waals surface area contributed by atoms with E-state index < -0.39 is 53.2 Å². The van der Waals surface area contributed by atoms with Gasteiger partial charge in [-0.2, -0.15) is 18.2 Å². The Balaban J connectivity index is 2.08. The molecule has 0 aromatic heterocycles. The molecule has 0 aliphatic carbocycles. The Morgan fingerprint density at radius 2 is 2.20 bits per heavy atom. The lowest BCUT2D eigenvalue weighted by molar-refractivity contribution is -0.219. The molecule has 1 unspecified atom stereocenters. The minimum atomic E-state index is -4.00. The Morgan fingerprint density at radius 1 is 1.56 bits per heavy atom. The van der Waals surface area contributed by atoms with Crippen molar-refractivity contribution in [3.05, 3.63) is 11.6 Å². The second-order valence-electron chi connectivity index (χ2n) is 5.31. The summed E-state index contributed by atoms with van der Waals surface area (Å²) in [4.78, 5) is 40.6. The summed E-state index contributed by atoms with van der Waals surface area (Å²) >= 11 is 0. The summed E-state index contributed by atoms with van der Waals surface area (Å²) in [5.41, 5.74) is 0.425. The molecule has 1 fully saturated rings. The van der Waals surface area contributed by atoms with Gasteiger partial charge in [0.1, 0.15) is 6.04 Å². The standard InChI is InChI=1S/C11H16FN5O7S/c1-5-2-6-3-16(11(21)17(6)24-8(12)10(19)20)7(5)9(18)14-4-15-25(13,22)23/h2,6-8,15H,3-4H2,1H3,(H,14,18)(H,19,20)(H2,13,22,23)/t6-,7+,8?/m1/s1. The van der Waals surface area contributed by atoms with Crippen molar-refractivity contribution in [3.63, 3.8) is 0 Å². The number of nitrogens with two attached hydrogens (primary N) is 1. The zero-order chi connectivity index (χ0) is 18.9. The topological polar surface area (TPSA) is 171 Å². The summed E-state index contributed by atoms with van der Waals surface area (Å²) in [5, 5.41) is 16.1. The summed E-state index contributed by atoms with van der Waals surface area (Å²) < 4.78 is 36.6. The zero-order valence-corrected chi connectivity index (χ0v) is 13.7. The maximum absolute atomic E-state index is 13.2. The third-order valence-electron chi connectivity index (χ3n) is 3.50. The molecule has 2 aliphatic heterocycles. The van der Waals surface area contributed by atoms with Crippen molar-refractivity contribution in [3.8, 4) is 0 Å². The summed E-state index contributed by atoms with van der Waals surface area (Å²) in [5.74, 6) is -2.60. The molecule has 2 rings (SSSR count). The molecule has 140 valence electrons. The van der Waals surface area contributed by atoms with Crippen LogP contribution in [0.5, 0.6) is 0 Å². The van der Waals surface area contributed by atoms with Crippen LogP contribution in [0.2, 0.25) is 0 Å². The molecule has 0 aromatic carbocycles. The first-order valence-corrected chi connectivity index (χ1v) is 8.43. The summed E-state index contributed by atoms with van der Waals surface area (Å²) in [7, 11) is -4.00. The van der Waals surface area contributed by atoms with Crippen LogP contribution < -0.4 is 15.2 Å². The second kappa shape index (κ2) is 6.91. The van der Waals surface area contributed by atoms with Crippen LogP contribution in [0.4, 0.5) is 9.18 Å². The number of alkyl halides is 1. The van der Waals surface area contributed by atoms with Gasteiger partial charge in [0.05, 0.1) is 19.3 Å². The van der Waals surface area contributed by atoms with E-state index in [9.17, 15) is 27.2 Å². The van der Waals surface area contributed by atoms with Crippen molar-refractivity contribution in [1.82, 2.24) is 20.0 Å². The highest BCUT2D eigenvalue weighted by molar-refractivity contribution is 7.87. The number of carbonyl (C=O) groups excluding carboxylic acids is 2. The number of amides is 3. The van der Waals surface area contributed by atoms with E-state index in [0.717, 1.165) is 4.90 Å². The molecule has 3 amide bonds. The first kappa shape index (κ1) is 19.0. The summed E-state index contributed by atoms with van der Waals surface area (Å²) in [6.45, 7) is 1.03. The third kappa shape index (κ3) is 4.22. The number of fused-ring (bicyclic) bond motifs is 2. The van der Waals surface area contributed by atoms with Crippen molar-refractivity contribution < 1.29 is 37.1 Å². The quantitative estimate of drug-likeness (QED) is 0.281. The zero-order valence-electron chi connectivity index (χ0n) is 12.9. The predicted octanol–water partition coefficient (Wildman–Crippen LogP) is -2.40. The molecule has 0 saturated carbocycles. The maximum Gasteiger partial charge on any atom is 0.368 e. The van der Waals surface area contributed by atoms with Crippen LogP contribution in [-0.4, -0.2) is 73.0 Å². The van der Waals surface area contributed by atoms with E-state index in [1.54, 1.807) is 0 Å². The number of aliphatic carboxylic acids is 1. The minimum Gasteiger partial charge on any atom is -0.477 e. The predicted molar refractivity (Wildman–Crippen MR) is 78.1 cm³/mol. The van der Waals surface area contributed by atoms with Gasteiger partial charge in [0.25, 0.3) is 10.2 Å². The fraction of sp³-hybridized carbons (Fsp3) is 0.545. The molecule has 3 atom stereocenters. The van der Waals surface area contributed by atoms with Crippen LogP contribution in [0.25, 0.3) is 0 Å². The van der Waals surface area contributed by atoms with E-state index >= 15 is 0 Å². The van der Waals surface area contributed by atoms with Crippen molar-refractivity contribution >= 4 is 28.1 Å². The molecule has 2 heterocycles. The minimum absolute atomic E-state index is 0.0246. The monoisotopic (exact) mass is 381 g/mol. The Morgan fingerprint density at radius 3 is 2.76 bits per heavy atom. The van der Waals surface area contributed by atoms with E-state index in [1.165, 1.54) is 13.0 Å². The number of hydrogen-bond acceptors (Lipinski definition) is 6. The number of urea groups is 1. The van der Waals surface area contributed by atoms with Crippen LogP contribution in [0, 0.1) is 0 Å². The van der Waals surface area contributed by atoms with Gasteiger partial charge in [-0.05, 0) is 12.5 Å². The highest BCUT2D eigenvalue weighted by atomic mass is 32.2.